The SMILES string of the molecule is O=C(Cl)CNc1cccs1. The first-order valence-corrected chi connectivity index (χ1v) is 4.00. The van der Waals surface area contributed by atoms with Crippen LogP contribution in [0.25, 0.3) is 0 Å². The van der Waals surface area contributed by atoms with Crippen LogP contribution in [0.5, 0.6) is 0 Å². The van der Waals surface area contributed by atoms with Crippen molar-refractivity contribution < 1.29 is 4.79 Å². The Morgan fingerprint density at radius 1 is 1.80 bits per heavy atom. The van der Waals surface area contributed by atoms with E-state index >= 15 is 0 Å². The van der Waals surface area contributed by atoms with Gasteiger partial charge in [-0.2, -0.15) is 0 Å². The van der Waals surface area contributed by atoms with Crippen molar-refractivity contribution in [1.82, 2.24) is 0 Å². The number of carbonyl (C=O) groups is 1. The molecule has 0 radical (unpaired) electrons. The van der Waals surface area contributed by atoms with Crippen molar-refractivity contribution in [1.29, 1.82) is 0 Å². The molecule has 1 aromatic heterocycles. The van der Waals surface area contributed by atoms with Crippen molar-refractivity contribution in [3.63, 3.8) is 0 Å². The van der Waals surface area contributed by atoms with E-state index in [1.54, 1.807) is 11.3 Å². The maximum Gasteiger partial charge on any atom is 0.240 e. The summed E-state index contributed by atoms with van der Waals surface area (Å²) in [4.78, 5) is 10.2. The minimum atomic E-state index is -0.367. The molecule has 1 rings (SSSR count). The highest BCUT2D eigenvalue weighted by atomic mass is 35.5. The summed E-state index contributed by atoms with van der Waals surface area (Å²) in [5.74, 6) is 0. The van der Waals surface area contributed by atoms with E-state index in [4.69, 9.17) is 11.6 Å². The fourth-order valence-corrected chi connectivity index (χ4v) is 1.22. The molecule has 2 nitrogen and oxygen atoms in total. The lowest BCUT2D eigenvalue weighted by molar-refractivity contribution is -0.110. The van der Waals surface area contributed by atoms with Gasteiger partial charge in [0.15, 0.2) is 0 Å². The molecular weight excluding hydrogens is 170 g/mol. The third-order valence-electron chi connectivity index (χ3n) is 0.923. The smallest absolute Gasteiger partial charge is 0.240 e. The standard InChI is InChI=1S/C6H6ClNOS/c7-5(9)4-8-6-2-1-3-10-6/h1-3,8H,4H2. The van der Waals surface area contributed by atoms with Gasteiger partial charge in [0.05, 0.1) is 11.5 Å². The van der Waals surface area contributed by atoms with E-state index in [1.165, 1.54) is 0 Å². The summed E-state index contributed by atoms with van der Waals surface area (Å²) in [6, 6.07) is 3.80. The van der Waals surface area contributed by atoms with E-state index < -0.39 is 0 Å². The molecule has 1 aromatic rings. The van der Waals surface area contributed by atoms with Crippen molar-refractivity contribution in [2.75, 3.05) is 11.9 Å². The predicted molar refractivity (Wildman–Crippen MR) is 43.7 cm³/mol. The zero-order chi connectivity index (χ0) is 7.40. The Morgan fingerprint density at radius 3 is 3.10 bits per heavy atom. The number of halogens is 1. The summed E-state index contributed by atoms with van der Waals surface area (Å²) in [5.41, 5.74) is 0. The lowest BCUT2D eigenvalue weighted by Crippen LogP contribution is -2.06. The molecule has 0 saturated heterocycles. The summed E-state index contributed by atoms with van der Waals surface area (Å²) < 4.78 is 0. The number of hydrogen-bond donors (Lipinski definition) is 1. The van der Waals surface area contributed by atoms with Gasteiger partial charge in [0.2, 0.25) is 5.24 Å². The van der Waals surface area contributed by atoms with E-state index in [9.17, 15) is 4.79 Å². The third kappa shape index (κ3) is 2.37. The second-order valence-corrected chi connectivity index (χ2v) is 3.06. The predicted octanol–water partition coefficient (Wildman–Crippen LogP) is 1.93. The average molecular weight is 176 g/mol. The molecule has 54 valence electrons. The first-order valence-electron chi connectivity index (χ1n) is 2.75. The van der Waals surface area contributed by atoms with Crippen LogP contribution in [0, 0.1) is 0 Å². The summed E-state index contributed by atoms with van der Waals surface area (Å²) in [6.07, 6.45) is 0. The number of carbonyl (C=O) groups excluding carboxylic acids is 1. The lowest BCUT2D eigenvalue weighted by Gasteiger charge is -1.95. The molecule has 0 aromatic carbocycles. The second kappa shape index (κ2) is 3.58. The summed E-state index contributed by atoms with van der Waals surface area (Å²) >= 11 is 6.64. The summed E-state index contributed by atoms with van der Waals surface area (Å²) in [5, 5.41) is 5.39. The molecule has 0 fully saturated rings. The van der Waals surface area contributed by atoms with Gasteiger partial charge in [-0.15, -0.1) is 11.3 Å². The molecule has 0 saturated carbocycles. The lowest BCUT2D eigenvalue weighted by atomic mass is 10.6. The molecule has 1 heterocycles. The highest BCUT2D eigenvalue weighted by Gasteiger charge is 1.94. The summed E-state index contributed by atoms with van der Waals surface area (Å²) in [6.45, 7) is 0.196. The van der Waals surface area contributed by atoms with Gasteiger partial charge in [-0.3, -0.25) is 4.79 Å². The highest BCUT2D eigenvalue weighted by Crippen LogP contribution is 2.14. The zero-order valence-corrected chi connectivity index (χ0v) is 6.71. The highest BCUT2D eigenvalue weighted by molar-refractivity contribution is 7.14. The van der Waals surface area contributed by atoms with Gasteiger partial charge >= 0.3 is 0 Å². The molecule has 0 atom stereocenters. The van der Waals surface area contributed by atoms with Gasteiger partial charge in [-0.1, -0.05) is 0 Å². The van der Waals surface area contributed by atoms with Crippen LogP contribution >= 0.6 is 22.9 Å². The number of hydrogen-bond acceptors (Lipinski definition) is 3. The van der Waals surface area contributed by atoms with Crippen molar-refractivity contribution in [3.8, 4) is 0 Å². The molecule has 0 unspecified atom stereocenters. The van der Waals surface area contributed by atoms with Crippen LogP contribution < -0.4 is 5.32 Å². The maximum absolute atomic E-state index is 10.2. The fraction of sp³-hybridized carbons (Fsp3) is 0.167. The van der Waals surface area contributed by atoms with E-state index in [2.05, 4.69) is 5.32 Å². The van der Waals surface area contributed by atoms with Crippen molar-refractivity contribution in [2.24, 2.45) is 0 Å². The molecule has 0 aliphatic rings. The fourth-order valence-electron chi connectivity index (χ4n) is 0.536. The van der Waals surface area contributed by atoms with E-state index in [0.717, 1.165) is 5.00 Å². The van der Waals surface area contributed by atoms with E-state index in [-0.39, 0.29) is 11.8 Å². The van der Waals surface area contributed by atoms with Gasteiger partial charge < -0.3 is 5.32 Å². The van der Waals surface area contributed by atoms with Crippen LogP contribution in [0.3, 0.4) is 0 Å². The van der Waals surface area contributed by atoms with Gasteiger partial charge in [0.1, 0.15) is 0 Å². The molecule has 0 spiro atoms. The monoisotopic (exact) mass is 175 g/mol. The average Bonchev–Trinajstić information content (AvgIpc) is 2.34. The zero-order valence-electron chi connectivity index (χ0n) is 5.13. The Bertz CT molecular complexity index is 210. The van der Waals surface area contributed by atoms with Crippen LogP contribution in [-0.4, -0.2) is 11.8 Å². The summed E-state index contributed by atoms with van der Waals surface area (Å²) in [7, 11) is 0. The number of rotatable bonds is 3. The third-order valence-corrected chi connectivity index (χ3v) is 1.88. The topological polar surface area (TPSA) is 29.1 Å². The minimum absolute atomic E-state index is 0.196. The second-order valence-electron chi connectivity index (χ2n) is 1.69. The quantitative estimate of drug-likeness (QED) is 0.712. The molecule has 4 heteroatoms. The van der Waals surface area contributed by atoms with E-state index in [0.29, 0.717) is 0 Å². The van der Waals surface area contributed by atoms with Crippen LogP contribution in [-0.2, 0) is 4.79 Å². The number of nitrogens with one attached hydrogen (secondary N) is 1. The van der Waals surface area contributed by atoms with Gasteiger partial charge in [0, 0.05) is 0 Å². The first kappa shape index (κ1) is 7.57. The molecule has 0 aliphatic carbocycles. The largest absolute Gasteiger partial charge is 0.369 e. The Balaban J connectivity index is 2.35. The Morgan fingerprint density at radius 2 is 2.60 bits per heavy atom. The maximum atomic E-state index is 10.2. The van der Waals surface area contributed by atoms with Crippen molar-refractivity contribution in [2.45, 2.75) is 0 Å². The van der Waals surface area contributed by atoms with Crippen molar-refractivity contribution in [3.05, 3.63) is 17.5 Å². The molecule has 1 N–H and O–H groups in total. The molecule has 0 aliphatic heterocycles. The minimum Gasteiger partial charge on any atom is -0.369 e. The molecule has 10 heavy (non-hydrogen) atoms. The number of thiophene rings is 1. The molecule has 0 bridgehead atoms. The van der Waals surface area contributed by atoms with Crippen LogP contribution in [0.15, 0.2) is 17.5 Å². The first-order chi connectivity index (χ1) is 4.79. The van der Waals surface area contributed by atoms with Crippen LogP contribution in [0.2, 0.25) is 0 Å². The Hall–Kier alpha value is -0.540. The van der Waals surface area contributed by atoms with Crippen LogP contribution in [0.1, 0.15) is 0 Å². The van der Waals surface area contributed by atoms with Crippen LogP contribution in [0.4, 0.5) is 5.00 Å². The normalized spacial score (nSPS) is 9.30. The Labute approximate surface area is 67.8 Å². The number of anilines is 1. The molecule has 0 amide bonds. The van der Waals surface area contributed by atoms with Gasteiger partial charge in [-0.05, 0) is 29.1 Å². The van der Waals surface area contributed by atoms with Crippen molar-refractivity contribution >= 4 is 33.2 Å². The van der Waals surface area contributed by atoms with Gasteiger partial charge in [-0.25, -0.2) is 0 Å². The van der Waals surface area contributed by atoms with Gasteiger partial charge in [0.25, 0.3) is 0 Å². The van der Waals surface area contributed by atoms with E-state index in [1.807, 2.05) is 17.5 Å². The Kier molecular flexibility index (Phi) is 2.71. The molecular formula is C6H6ClNOS.